The number of carbonyl (C=O) groups is 1. The molecule has 0 aromatic carbocycles. The van der Waals surface area contributed by atoms with Gasteiger partial charge < -0.3 is 14.3 Å². The highest BCUT2D eigenvalue weighted by atomic mass is 28.4. The molecule has 190 valence electrons. The summed E-state index contributed by atoms with van der Waals surface area (Å²) in [5, 5.41) is 10.7. The molecule has 0 saturated heterocycles. The predicted octanol–water partition coefficient (Wildman–Crippen LogP) is 7.19. The lowest BCUT2D eigenvalue weighted by atomic mass is 9.88. The van der Waals surface area contributed by atoms with Crippen molar-refractivity contribution >= 4 is 14.3 Å². The first-order chi connectivity index (χ1) is 15.5. The zero-order valence-electron chi connectivity index (χ0n) is 22.4. The Kier molecular flexibility index (Phi) is 10.9. The molecule has 0 radical (unpaired) electrons. The van der Waals surface area contributed by atoms with Crippen LogP contribution in [-0.2, 0) is 14.0 Å². The average molecular weight is 479 g/mol. The van der Waals surface area contributed by atoms with Crippen LogP contribution >= 0.6 is 0 Å². The second-order valence-corrected chi connectivity index (χ2v) is 16.6. The summed E-state index contributed by atoms with van der Waals surface area (Å²) in [5.74, 6) is 1.41. The van der Waals surface area contributed by atoms with Gasteiger partial charge in [-0.1, -0.05) is 70.8 Å². The second kappa shape index (κ2) is 12.7. The maximum atomic E-state index is 11.4. The van der Waals surface area contributed by atoms with Crippen LogP contribution in [0.2, 0.25) is 18.1 Å². The molecule has 1 N–H and O–H groups in total. The van der Waals surface area contributed by atoms with Gasteiger partial charge in [-0.3, -0.25) is 4.79 Å². The molecule has 0 aromatic rings. The van der Waals surface area contributed by atoms with Crippen molar-refractivity contribution < 1.29 is 19.1 Å². The Labute approximate surface area is 204 Å². The lowest BCUT2D eigenvalue weighted by Crippen LogP contribution is -2.45. The third-order valence-electron chi connectivity index (χ3n) is 8.19. The summed E-state index contributed by atoms with van der Waals surface area (Å²) in [6.07, 6.45) is 16.8. The summed E-state index contributed by atoms with van der Waals surface area (Å²) in [6.45, 7) is 13.8. The van der Waals surface area contributed by atoms with Crippen molar-refractivity contribution in [1.82, 2.24) is 0 Å². The van der Waals surface area contributed by atoms with Crippen LogP contribution in [0.25, 0.3) is 0 Å². The second-order valence-electron chi connectivity index (χ2n) is 11.8. The molecule has 5 atom stereocenters. The number of aliphatic hydroxyl groups excluding tert-OH is 1. The maximum Gasteiger partial charge on any atom is 0.305 e. The van der Waals surface area contributed by atoms with Crippen LogP contribution in [0.1, 0.15) is 91.9 Å². The van der Waals surface area contributed by atoms with Gasteiger partial charge in [0.05, 0.1) is 19.3 Å². The van der Waals surface area contributed by atoms with E-state index in [1.165, 1.54) is 20.0 Å². The van der Waals surface area contributed by atoms with E-state index < -0.39 is 8.32 Å². The third kappa shape index (κ3) is 8.36. The molecule has 0 aliphatic heterocycles. The number of aliphatic hydroxyl groups is 1. The molecule has 1 fully saturated rings. The number of esters is 1. The number of allylic oxidation sites excluding steroid dienone is 2. The van der Waals surface area contributed by atoms with Gasteiger partial charge in [0, 0.05) is 12.3 Å². The average Bonchev–Trinajstić information content (AvgIpc) is 3.25. The van der Waals surface area contributed by atoms with E-state index in [1.807, 2.05) is 0 Å². The fraction of sp³-hybridized carbons (Fsp3) is 0.821. The minimum Gasteiger partial charge on any atom is -0.469 e. The van der Waals surface area contributed by atoms with E-state index in [1.54, 1.807) is 5.57 Å². The van der Waals surface area contributed by atoms with Crippen LogP contribution in [0.3, 0.4) is 0 Å². The van der Waals surface area contributed by atoms with Crippen molar-refractivity contribution in [3.63, 3.8) is 0 Å². The van der Waals surface area contributed by atoms with Gasteiger partial charge in [-0.2, -0.15) is 0 Å². The van der Waals surface area contributed by atoms with E-state index in [9.17, 15) is 9.90 Å². The molecule has 5 heteroatoms. The first-order valence-electron chi connectivity index (χ1n) is 13.3. The summed E-state index contributed by atoms with van der Waals surface area (Å²) in [5.41, 5.74) is 1.54. The monoisotopic (exact) mass is 478 g/mol. The Morgan fingerprint density at radius 2 is 1.97 bits per heavy atom. The van der Waals surface area contributed by atoms with Crippen molar-refractivity contribution in [2.45, 2.75) is 122 Å². The highest BCUT2D eigenvalue weighted by Crippen LogP contribution is 2.51. The van der Waals surface area contributed by atoms with E-state index in [4.69, 9.17) is 9.16 Å². The van der Waals surface area contributed by atoms with Gasteiger partial charge in [-0.15, -0.1) is 0 Å². The molecule has 0 amide bonds. The van der Waals surface area contributed by atoms with Crippen molar-refractivity contribution in [3.05, 3.63) is 23.8 Å². The van der Waals surface area contributed by atoms with Gasteiger partial charge in [0.15, 0.2) is 8.32 Å². The standard InChI is InChI=1S/C28H50O4Si/c1-8-9-10-14-23(29)16-17-24-25-19-21(13-11-12-15-27(30)31-5)18-22(25)20-26(24)32-33(6,7)28(2,3)4/h16-18,22-26,29H,8-15,19-20H2,1-7H3/b17-16+/t22-,23-,24+,25-,26+/m0/s1. The van der Waals surface area contributed by atoms with Crippen LogP contribution in [-0.4, -0.2) is 38.7 Å². The molecular formula is C28H50O4Si. The molecule has 2 aliphatic carbocycles. The summed E-state index contributed by atoms with van der Waals surface area (Å²) < 4.78 is 11.7. The number of hydrogen-bond donors (Lipinski definition) is 1. The molecule has 33 heavy (non-hydrogen) atoms. The van der Waals surface area contributed by atoms with E-state index in [-0.39, 0.29) is 23.2 Å². The molecule has 0 heterocycles. The zero-order chi connectivity index (χ0) is 24.6. The lowest BCUT2D eigenvalue weighted by molar-refractivity contribution is -0.140. The number of rotatable bonds is 13. The highest BCUT2D eigenvalue weighted by molar-refractivity contribution is 6.74. The van der Waals surface area contributed by atoms with Gasteiger partial charge in [0.1, 0.15) is 0 Å². The molecular weight excluding hydrogens is 428 g/mol. The van der Waals surface area contributed by atoms with Crippen LogP contribution in [0.4, 0.5) is 0 Å². The van der Waals surface area contributed by atoms with Crippen LogP contribution in [0, 0.1) is 17.8 Å². The number of carbonyl (C=O) groups excluding carboxylic acids is 1. The molecule has 4 nitrogen and oxygen atoms in total. The number of unbranched alkanes of at least 4 members (excludes halogenated alkanes) is 3. The quantitative estimate of drug-likeness (QED) is 0.132. The molecule has 0 unspecified atom stereocenters. The molecule has 0 bridgehead atoms. The lowest BCUT2D eigenvalue weighted by Gasteiger charge is -2.40. The number of ether oxygens (including phenoxy) is 1. The number of fused-ring (bicyclic) bond motifs is 1. The molecule has 1 saturated carbocycles. The van der Waals surface area contributed by atoms with Gasteiger partial charge in [-0.05, 0) is 68.5 Å². The van der Waals surface area contributed by atoms with E-state index in [0.717, 1.165) is 44.9 Å². The number of methoxy groups -OCH3 is 1. The first-order valence-corrected chi connectivity index (χ1v) is 16.2. The van der Waals surface area contributed by atoms with Crippen LogP contribution < -0.4 is 0 Å². The largest absolute Gasteiger partial charge is 0.469 e. The summed E-state index contributed by atoms with van der Waals surface area (Å²) in [6, 6.07) is 0. The normalized spacial score (nSPS) is 26.5. The minimum atomic E-state index is -1.86. The molecule has 0 aromatic heterocycles. The van der Waals surface area contributed by atoms with Gasteiger partial charge in [0.2, 0.25) is 0 Å². The summed E-state index contributed by atoms with van der Waals surface area (Å²) in [7, 11) is -0.402. The van der Waals surface area contributed by atoms with Crippen molar-refractivity contribution in [1.29, 1.82) is 0 Å². The Hall–Kier alpha value is -0.913. The topological polar surface area (TPSA) is 55.8 Å². The molecule has 2 rings (SSSR count). The third-order valence-corrected chi connectivity index (χ3v) is 12.7. The summed E-state index contributed by atoms with van der Waals surface area (Å²) >= 11 is 0. The Bertz CT molecular complexity index is 676. The van der Waals surface area contributed by atoms with Crippen molar-refractivity contribution in [2.24, 2.45) is 17.8 Å². The van der Waals surface area contributed by atoms with E-state index in [0.29, 0.717) is 24.2 Å². The van der Waals surface area contributed by atoms with Crippen molar-refractivity contribution in [2.75, 3.05) is 7.11 Å². The first kappa shape index (κ1) is 28.3. The Morgan fingerprint density at radius 3 is 2.61 bits per heavy atom. The smallest absolute Gasteiger partial charge is 0.305 e. The SMILES string of the molecule is CCCCC[C@H](O)/C=C/[C@@H]1[C@H]2CC(CCCCC(=O)OC)=C[C@H]2C[C@H]1O[Si](C)(C)C(C)(C)C. The molecule has 0 spiro atoms. The van der Waals surface area contributed by atoms with Crippen LogP contribution in [0.15, 0.2) is 23.8 Å². The highest BCUT2D eigenvalue weighted by Gasteiger charge is 2.48. The fourth-order valence-corrected chi connectivity index (χ4v) is 6.49. The summed E-state index contributed by atoms with van der Waals surface area (Å²) in [4.78, 5) is 11.4. The molecule has 2 aliphatic rings. The van der Waals surface area contributed by atoms with Crippen LogP contribution in [0.5, 0.6) is 0 Å². The fourth-order valence-electron chi connectivity index (χ4n) is 5.13. The predicted molar refractivity (Wildman–Crippen MR) is 140 cm³/mol. The maximum absolute atomic E-state index is 11.4. The van der Waals surface area contributed by atoms with E-state index >= 15 is 0 Å². The number of hydrogen-bond acceptors (Lipinski definition) is 4. The van der Waals surface area contributed by atoms with Gasteiger partial charge in [-0.25, -0.2) is 0 Å². The van der Waals surface area contributed by atoms with Crippen molar-refractivity contribution in [3.8, 4) is 0 Å². The Morgan fingerprint density at radius 1 is 1.24 bits per heavy atom. The van der Waals surface area contributed by atoms with Gasteiger partial charge in [0.25, 0.3) is 0 Å². The van der Waals surface area contributed by atoms with Gasteiger partial charge >= 0.3 is 5.97 Å². The van der Waals surface area contributed by atoms with E-state index in [2.05, 4.69) is 59.0 Å². The zero-order valence-corrected chi connectivity index (χ0v) is 23.4. The Balaban J connectivity index is 2.04. The minimum absolute atomic E-state index is 0.111.